The highest BCUT2D eigenvalue weighted by molar-refractivity contribution is 5.88. The molecule has 2 heterocycles. The SMILES string of the molecule is COC(=O)c1ccc(COCCC2CCCNC2)nc1. The summed E-state index contributed by atoms with van der Waals surface area (Å²) < 4.78 is 10.3. The van der Waals surface area contributed by atoms with Gasteiger partial charge < -0.3 is 14.8 Å². The van der Waals surface area contributed by atoms with E-state index in [1.165, 1.54) is 26.1 Å². The van der Waals surface area contributed by atoms with E-state index < -0.39 is 0 Å². The fraction of sp³-hybridized carbons (Fsp3) is 0.600. The summed E-state index contributed by atoms with van der Waals surface area (Å²) in [5.41, 5.74) is 1.30. The fourth-order valence-corrected chi connectivity index (χ4v) is 2.35. The smallest absolute Gasteiger partial charge is 0.339 e. The van der Waals surface area contributed by atoms with E-state index in [-0.39, 0.29) is 5.97 Å². The van der Waals surface area contributed by atoms with Gasteiger partial charge >= 0.3 is 5.97 Å². The van der Waals surface area contributed by atoms with Gasteiger partial charge in [-0.05, 0) is 50.4 Å². The van der Waals surface area contributed by atoms with Gasteiger partial charge in [0.05, 0.1) is 25.0 Å². The van der Waals surface area contributed by atoms with Gasteiger partial charge in [-0.1, -0.05) is 0 Å². The molecule has 5 nitrogen and oxygen atoms in total. The first-order valence-corrected chi connectivity index (χ1v) is 7.11. The molecule has 0 amide bonds. The number of nitrogens with one attached hydrogen (secondary N) is 1. The normalized spacial score (nSPS) is 18.8. The van der Waals surface area contributed by atoms with Crippen molar-refractivity contribution in [3.05, 3.63) is 29.6 Å². The van der Waals surface area contributed by atoms with Crippen molar-refractivity contribution in [3.8, 4) is 0 Å². The Kier molecular flexibility index (Phi) is 5.95. The van der Waals surface area contributed by atoms with Crippen molar-refractivity contribution < 1.29 is 14.3 Å². The van der Waals surface area contributed by atoms with Crippen LogP contribution in [0, 0.1) is 5.92 Å². The predicted molar refractivity (Wildman–Crippen MR) is 75.4 cm³/mol. The molecule has 1 saturated heterocycles. The molecular formula is C15H22N2O3. The lowest BCUT2D eigenvalue weighted by Gasteiger charge is -2.22. The third-order valence-electron chi connectivity index (χ3n) is 3.57. The van der Waals surface area contributed by atoms with E-state index in [1.807, 2.05) is 0 Å². The standard InChI is InChI=1S/C15H22N2O3/c1-19-15(18)13-4-5-14(17-10-13)11-20-8-6-12-3-2-7-16-9-12/h4-5,10,12,16H,2-3,6-9,11H2,1H3. The van der Waals surface area contributed by atoms with E-state index in [1.54, 1.807) is 12.1 Å². The first-order chi connectivity index (χ1) is 9.79. The van der Waals surface area contributed by atoms with E-state index in [9.17, 15) is 4.79 Å². The van der Waals surface area contributed by atoms with Crippen LogP contribution in [0.15, 0.2) is 18.3 Å². The highest BCUT2D eigenvalue weighted by Gasteiger charge is 2.12. The van der Waals surface area contributed by atoms with Crippen molar-refractivity contribution in [1.82, 2.24) is 10.3 Å². The number of esters is 1. The van der Waals surface area contributed by atoms with Crippen LogP contribution < -0.4 is 5.32 Å². The van der Waals surface area contributed by atoms with Crippen molar-refractivity contribution in [2.75, 3.05) is 26.8 Å². The molecular weight excluding hydrogens is 256 g/mol. The maximum Gasteiger partial charge on any atom is 0.339 e. The first-order valence-electron chi connectivity index (χ1n) is 7.11. The number of pyridine rings is 1. The molecule has 1 aromatic heterocycles. The third kappa shape index (κ3) is 4.58. The zero-order valence-electron chi connectivity index (χ0n) is 11.9. The summed E-state index contributed by atoms with van der Waals surface area (Å²) in [5, 5.41) is 3.40. The summed E-state index contributed by atoms with van der Waals surface area (Å²) in [5.74, 6) is 0.369. The molecule has 0 saturated carbocycles. The number of hydrogen-bond donors (Lipinski definition) is 1. The van der Waals surface area contributed by atoms with Crippen LogP contribution in [0.1, 0.15) is 35.3 Å². The van der Waals surface area contributed by atoms with Crippen molar-refractivity contribution in [1.29, 1.82) is 0 Å². The van der Waals surface area contributed by atoms with E-state index in [0.29, 0.717) is 12.2 Å². The summed E-state index contributed by atoms with van der Waals surface area (Å²) >= 11 is 0. The third-order valence-corrected chi connectivity index (χ3v) is 3.57. The van der Waals surface area contributed by atoms with Gasteiger partial charge in [0.15, 0.2) is 0 Å². The number of ether oxygens (including phenoxy) is 2. The molecule has 1 aromatic rings. The van der Waals surface area contributed by atoms with E-state index in [4.69, 9.17) is 4.74 Å². The summed E-state index contributed by atoms with van der Waals surface area (Å²) in [6.07, 6.45) is 5.17. The Hall–Kier alpha value is -1.46. The van der Waals surface area contributed by atoms with Gasteiger partial charge in [-0.15, -0.1) is 0 Å². The van der Waals surface area contributed by atoms with Crippen LogP contribution in [-0.2, 0) is 16.1 Å². The Morgan fingerprint density at radius 1 is 1.50 bits per heavy atom. The zero-order chi connectivity index (χ0) is 14.2. The van der Waals surface area contributed by atoms with Crippen molar-refractivity contribution in [2.24, 2.45) is 5.92 Å². The van der Waals surface area contributed by atoms with E-state index >= 15 is 0 Å². The van der Waals surface area contributed by atoms with Crippen LogP contribution in [0.3, 0.4) is 0 Å². The molecule has 0 radical (unpaired) electrons. The number of rotatable bonds is 6. The maximum absolute atomic E-state index is 11.3. The van der Waals surface area contributed by atoms with Gasteiger partial charge in [0.1, 0.15) is 0 Å². The average molecular weight is 278 g/mol. The van der Waals surface area contributed by atoms with Crippen LogP contribution in [0.2, 0.25) is 0 Å². The second-order valence-electron chi connectivity index (χ2n) is 5.08. The molecule has 1 aliphatic heterocycles. The number of nitrogens with zero attached hydrogens (tertiary/aromatic N) is 1. The molecule has 1 fully saturated rings. The Balaban J connectivity index is 1.67. The fourth-order valence-electron chi connectivity index (χ4n) is 2.35. The number of methoxy groups -OCH3 is 1. The van der Waals surface area contributed by atoms with E-state index in [0.717, 1.165) is 37.7 Å². The van der Waals surface area contributed by atoms with Crippen molar-refractivity contribution >= 4 is 5.97 Å². The monoisotopic (exact) mass is 278 g/mol. The summed E-state index contributed by atoms with van der Waals surface area (Å²) in [6.45, 7) is 3.50. The van der Waals surface area contributed by atoms with Gasteiger partial charge in [-0.3, -0.25) is 4.98 Å². The topological polar surface area (TPSA) is 60.5 Å². The molecule has 0 aromatic carbocycles. The van der Waals surface area contributed by atoms with Crippen molar-refractivity contribution in [2.45, 2.75) is 25.9 Å². The van der Waals surface area contributed by atoms with Gasteiger partial charge in [0.2, 0.25) is 0 Å². The second-order valence-corrected chi connectivity index (χ2v) is 5.08. The summed E-state index contributed by atoms with van der Waals surface area (Å²) in [7, 11) is 1.36. The zero-order valence-corrected chi connectivity index (χ0v) is 11.9. The molecule has 110 valence electrons. The Morgan fingerprint density at radius 2 is 2.40 bits per heavy atom. The van der Waals surface area contributed by atoms with E-state index in [2.05, 4.69) is 15.0 Å². The predicted octanol–water partition coefficient (Wildman–Crippen LogP) is 1.77. The van der Waals surface area contributed by atoms with Crippen LogP contribution in [0.25, 0.3) is 0 Å². The second kappa shape index (κ2) is 7.97. The van der Waals surface area contributed by atoms with Crippen LogP contribution >= 0.6 is 0 Å². The maximum atomic E-state index is 11.3. The number of piperidine rings is 1. The molecule has 5 heteroatoms. The summed E-state index contributed by atoms with van der Waals surface area (Å²) in [6, 6.07) is 3.51. The lowest BCUT2D eigenvalue weighted by Crippen LogP contribution is -2.30. The number of aromatic nitrogens is 1. The van der Waals surface area contributed by atoms with Crippen LogP contribution in [-0.4, -0.2) is 37.8 Å². The van der Waals surface area contributed by atoms with Gasteiger partial charge in [0, 0.05) is 12.8 Å². The Morgan fingerprint density at radius 3 is 3.05 bits per heavy atom. The minimum atomic E-state index is -0.366. The lowest BCUT2D eigenvalue weighted by molar-refractivity contribution is 0.0599. The highest BCUT2D eigenvalue weighted by atomic mass is 16.5. The number of carbonyl (C=O) groups excluding carboxylic acids is 1. The molecule has 0 aliphatic carbocycles. The molecule has 0 spiro atoms. The van der Waals surface area contributed by atoms with Crippen LogP contribution in [0.4, 0.5) is 0 Å². The highest BCUT2D eigenvalue weighted by Crippen LogP contribution is 2.14. The van der Waals surface area contributed by atoms with Gasteiger partial charge in [-0.2, -0.15) is 0 Å². The van der Waals surface area contributed by atoms with Gasteiger partial charge in [0.25, 0.3) is 0 Å². The number of hydrogen-bond acceptors (Lipinski definition) is 5. The quantitative estimate of drug-likeness (QED) is 0.635. The molecule has 20 heavy (non-hydrogen) atoms. The van der Waals surface area contributed by atoms with Crippen LogP contribution in [0.5, 0.6) is 0 Å². The van der Waals surface area contributed by atoms with Gasteiger partial charge in [-0.25, -0.2) is 4.79 Å². The Bertz CT molecular complexity index is 414. The first kappa shape index (κ1) is 14.9. The number of carbonyl (C=O) groups is 1. The molecule has 0 bridgehead atoms. The molecule has 1 N–H and O–H groups in total. The molecule has 1 aliphatic rings. The Labute approximate surface area is 119 Å². The lowest BCUT2D eigenvalue weighted by atomic mass is 9.97. The minimum Gasteiger partial charge on any atom is -0.465 e. The van der Waals surface area contributed by atoms with Crippen molar-refractivity contribution in [3.63, 3.8) is 0 Å². The molecule has 1 unspecified atom stereocenters. The molecule has 1 atom stereocenters. The molecule has 2 rings (SSSR count). The average Bonchev–Trinajstić information content (AvgIpc) is 2.52. The summed E-state index contributed by atoms with van der Waals surface area (Å²) in [4.78, 5) is 15.5. The minimum absolute atomic E-state index is 0.366. The largest absolute Gasteiger partial charge is 0.465 e.